The van der Waals surface area contributed by atoms with Crippen LogP contribution >= 0.6 is 0 Å². The van der Waals surface area contributed by atoms with E-state index in [2.05, 4.69) is 10.5 Å². The maximum Gasteiger partial charge on any atom is 0.276 e. The Kier molecular flexibility index (Phi) is 6.36. The van der Waals surface area contributed by atoms with E-state index < -0.39 is 5.91 Å². The van der Waals surface area contributed by atoms with Gasteiger partial charge in [-0.25, -0.2) is 5.43 Å². The number of benzene rings is 1. The number of aryl methyl sites for hydroxylation is 1. The molecule has 0 fully saturated rings. The minimum Gasteiger partial charge on any atom is -0.507 e. The van der Waals surface area contributed by atoms with Crippen molar-refractivity contribution in [2.24, 2.45) is 5.10 Å². The van der Waals surface area contributed by atoms with Crippen LogP contribution in [-0.4, -0.2) is 21.8 Å². The smallest absolute Gasteiger partial charge is 0.276 e. The number of hydrazone groups is 1. The van der Waals surface area contributed by atoms with E-state index in [1.807, 2.05) is 60.6 Å². The molecule has 0 saturated heterocycles. The fourth-order valence-electron chi connectivity index (χ4n) is 3.06. The lowest BCUT2D eigenvalue weighted by Gasteiger charge is -2.27. The van der Waals surface area contributed by atoms with Crippen LogP contribution in [0.15, 0.2) is 40.4 Å². The Morgan fingerprint density at radius 3 is 2.17 bits per heavy atom. The van der Waals surface area contributed by atoms with E-state index in [9.17, 15) is 14.7 Å². The molecule has 0 radical (unpaired) electrons. The third-order valence-corrected chi connectivity index (χ3v) is 4.73. The Balaban J connectivity index is 2.35. The summed E-state index contributed by atoms with van der Waals surface area (Å²) in [6.07, 6.45) is 3.17. The number of amides is 1. The van der Waals surface area contributed by atoms with Gasteiger partial charge in [0, 0.05) is 23.9 Å². The summed E-state index contributed by atoms with van der Waals surface area (Å²) < 4.78 is 1.46. The molecule has 2 N–H and O–H groups in total. The highest BCUT2D eigenvalue weighted by molar-refractivity contribution is 5.94. The average molecular weight is 398 g/mol. The molecule has 1 aromatic heterocycles. The van der Waals surface area contributed by atoms with Crippen molar-refractivity contribution in [1.29, 1.82) is 0 Å². The Bertz CT molecular complexity index is 955. The summed E-state index contributed by atoms with van der Waals surface area (Å²) >= 11 is 0. The topological polar surface area (TPSA) is 83.7 Å². The first-order chi connectivity index (χ1) is 13.4. The minimum atomic E-state index is -0.556. The van der Waals surface area contributed by atoms with Crippen LogP contribution in [0.4, 0.5) is 0 Å². The molecule has 0 aliphatic carbocycles. The van der Waals surface area contributed by atoms with E-state index in [-0.39, 0.29) is 27.7 Å². The molecule has 6 nitrogen and oxygen atoms in total. The number of aromatic hydroxyl groups is 1. The van der Waals surface area contributed by atoms with Gasteiger partial charge in [0.05, 0.1) is 6.21 Å². The van der Waals surface area contributed by atoms with Gasteiger partial charge in [-0.3, -0.25) is 9.59 Å². The van der Waals surface area contributed by atoms with Gasteiger partial charge in [0.1, 0.15) is 11.3 Å². The monoisotopic (exact) mass is 397 g/mol. The summed E-state index contributed by atoms with van der Waals surface area (Å²) in [4.78, 5) is 24.6. The molecule has 0 aliphatic heterocycles. The Morgan fingerprint density at radius 2 is 1.69 bits per heavy atom. The molecule has 1 aromatic carbocycles. The molecule has 156 valence electrons. The fourth-order valence-corrected chi connectivity index (χ4v) is 3.06. The number of nitrogens with one attached hydrogen (secondary N) is 1. The predicted molar refractivity (Wildman–Crippen MR) is 117 cm³/mol. The highest BCUT2D eigenvalue weighted by atomic mass is 16.3. The molecule has 29 heavy (non-hydrogen) atoms. The zero-order valence-electron chi connectivity index (χ0n) is 18.3. The second-order valence-corrected chi connectivity index (χ2v) is 9.18. The van der Waals surface area contributed by atoms with Gasteiger partial charge in [0.2, 0.25) is 0 Å². The van der Waals surface area contributed by atoms with Crippen LogP contribution in [-0.2, 0) is 17.4 Å². The summed E-state index contributed by atoms with van der Waals surface area (Å²) in [5, 5.41) is 14.8. The summed E-state index contributed by atoms with van der Waals surface area (Å²) in [6, 6.07) is 6.88. The second-order valence-electron chi connectivity index (χ2n) is 9.18. The van der Waals surface area contributed by atoms with Crippen molar-refractivity contribution in [2.45, 2.75) is 65.8 Å². The van der Waals surface area contributed by atoms with Crippen LogP contribution < -0.4 is 11.0 Å². The van der Waals surface area contributed by atoms with E-state index >= 15 is 0 Å². The lowest BCUT2D eigenvalue weighted by Crippen LogP contribution is -2.30. The van der Waals surface area contributed by atoms with E-state index in [1.54, 1.807) is 12.3 Å². The maximum absolute atomic E-state index is 12.4. The molecule has 2 rings (SSSR count). The quantitative estimate of drug-likeness (QED) is 0.606. The third kappa shape index (κ3) is 5.13. The normalized spacial score (nSPS) is 12.4. The van der Waals surface area contributed by atoms with Crippen molar-refractivity contribution in [3.63, 3.8) is 0 Å². The van der Waals surface area contributed by atoms with Gasteiger partial charge in [0.15, 0.2) is 0 Å². The van der Waals surface area contributed by atoms with Crippen molar-refractivity contribution >= 4 is 12.1 Å². The first-order valence-corrected chi connectivity index (χ1v) is 9.77. The number of phenols is 1. The van der Waals surface area contributed by atoms with Crippen LogP contribution in [0.1, 0.15) is 75.5 Å². The Labute approximate surface area is 172 Å². The molecule has 0 aliphatic rings. The number of nitrogens with zero attached hydrogens (tertiary/aromatic N) is 2. The number of pyridine rings is 1. The van der Waals surface area contributed by atoms with Crippen LogP contribution in [0.2, 0.25) is 0 Å². The van der Waals surface area contributed by atoms with E-state index in [1.165, 1.54) is 16.8 Å². The van der Waals surface area contributed by atoms with Crippen LogP contribution in [0.3, 0.4) is 0 Å². The van der Waals surface area contributed by atoms with E-state index in [4.69, 9.17) is 0 Å². The number of aromatic nitrogens is 1. The van der Waals surface area contributed by atoms with Crippen molar-refractivity contribution < 1.29 is 9.90 Å². The number of carbonyl (C=O) groups excluding carboxylic acids is 1. The lowest BCUT2D eigenvalue weighted by molar-refractivity contribution is 0.0953. The van der Waals surface area contributed by atoms with Crippen LogP contribution in [0.25, 0.3) is 0 Å². The summed E-state index contributed by atoms with van der Waals surface area (Å²) in [5.74, 6) is -0.268. The first kappa shape index (κ1) is 22.4. The fraction of sp³-hybridized carbons (Fsp3) is 0.435. The summed E-state index contributed by atoms with van der Waals surface area (Å²) in [5.41, 5.74) is 3.99. The third-order valence-electron chi connectivity index (χ3n) is 4.73. The zero-order valence-corrected chi connectivity index (χ0v) is 18.3. The van der Waals surface area contributed by atoms with E-state index in [0.717, 1.165) is 16.7 Å². The maximum atomic E-state index is 12.4. The van der Waals surface area contributed by atoms with Gasteiger partial charge in [-0.2, -0.15) is 5.10 Å². The molecule has 0 bridgehead atoms. The zero-order chi connectivity index (χ0) is 22.0. The van der Waals surface area contributed by atoms with Crippen molar-refractivity contribution in [1.82, 2.24) is 9.99 Å². The molecular formula is C23H31N3O3. The molecule has 1 amide bonds. The highest BCUT2D eigenvalue weighted by Gasteiger charge is 2.26. The summed E-state index contributed by atoms with van der Waals surface area (Å²) in [6.45, 7) is 14.5. The molecule has 1 heterocycles. The van der Waals surface area contributed by atoms with Crippen LogP contribution in [0.5, 0.6) is 5.75 Å². The van der Waals surface area contributed by atoms with Gasteiger partial charge in [-0.1, -0.05) is 41.5 Å². The average Bonchev–Trinajstić information content (AvgIpc) is 2.61. The minimum absolute atomic E-state index is 0.0444. The first-order valence-electron chi connectivity index (χ1n) is 9.77. The number of hydrogen-bond donors (Lipinski definition) is 2. The highest BCUT2D eigenvalue weighted by Crippen LogP contribution is 2.39. The van der Waals surface area contributed by atoms with Gasteiger partial charge in [-0.05, 0) is 47.6 Å². The lowest BCUT2D eigenvalue weighted by atomic mass is 9.78. The number of rotatable bonds is 4. The standard InChI is InChI=1S/C23H31N3O3/c1-8-26-11-9-10-16(21(26)29)20(28)25-24-14-15-12-17(22(2,3)4)19(27)18(13-15)23(5,6)7/h9-14,27H,8H2,1-7H3,(H,25,28)/b24-14-. The predicted octanol–water partition coefficient (Wildman–Crippen LogP) is 3.93. The largest absolute Gasteiger partial charge is 0.507 e. The molecular weight excluding hydrogens is 366 g/mol. The second kappa shape index (κ2) is 8.23. The van der Waals surface area contributed by atoms with Crippen molar-refractivity contribution in [2.75, 3.05) is 0 Å². The molecule has 2 aromatic rings. The molecule has 6 heteroatoms. The van der Waals surface area contributed by atoms with Gasteiger partial charge < -0.3 is 9.67 Å². The van der Waals surface area contributed by atoms with Crippen molar-refractivity contribution in [3.05, 3.63) is 63.1 Å². The van der Waals surface area contributed by atoms with Gasteiger partial charge >= 0.3 is 0 Å². The molecule has 0 atom stereocenters. The molecule has 0 unspecified atom stereocenters. The SMILES string of the molecule is CCn1cccc(C(=O)N/N=C\c2cc(C(C)(C)C)c(O)c(C(C)(C)C)c2)c1=O. The van der Waals surface area contributed by atoms with Gasteiger partial charge in [0.25, 0.3) is 11.5 Å². The molecule has 0 spiro atoms. The number of phenolic OH excluding ortho intramolecular Hbond substituents is 1. The summed E-state index contributed by atoms with van der Waals surface area (Å²) in [7, 11) is 0. The van der Waals surface area contributed by atoms with Crippen LogP contribution in [0, 0.1) is 0 Å². The van der Waals surface area contributed by atoms with E-state index in [0.29, 0.717) is 6.54 Å². The van der Waals surface area contributed by atoms with Gasteiger partial charge in [-0.15, -0.1) is 0 Å². The Hall–Kier alpha value is -2.89. The molecule has 0 saturated carbocycles. The van der Waals surface area contributed by atoms with Crippen molar-refractivity contribution in [3.8, 4) is 5.75 Å². The number of hydrogen-bond acceptors (Lipinski definition) is 4. The Morgan fingerprint density at radius 1 is 1.14 bits per heavy atom. The number of carbonyl (C=O) groups is 1.